The number of aromatic carboxylic acids is 1. The van der Waals surface area contributed by atoms with Gasteiger partial charge in [0.15, 0.2) is 5.69 Å². The summed E-state index contributed by atoms with van der Waals surface area (Å²) < 4.78 is 18.0. The molecule has 0 spiro atoms. The summed E-state index contributed by atoms with van der Waals surface area (Å²) in [6.45, 7) is 1.91. The number of nitrogens with zero attached hydrogens (tertiary/aromatic N) is 3. The van der Waals surface area contributed by atoms with Crippen LogP contribution in [-0.4, -0.2) is 25.4 Å². The lowest BCUT2D eigenvalue weighted by Gasteiger charge is -2.05. The molecular weight excluding hydrogens is 273 g/mol. The SMILES string of the molecule is Cc1cc2c(F)c(-c3cc(C(=O)O)nn3C)ccc2n1C. The number of halogens is 1. The zero-order chi connectivity index (χ0) is 15.3. The van der Waals surface area contributed by atoms with Crippen LogP contribution in [0.3, 0.4) is 0 Å². The average molecular weight is 287 g/mol. The fourth-order valence-electron chi connectivity index (χ4n) is 2.53. The summed E-state index contributed by atoms with van der Waals surface area (Å²) in [4.78, 5) is 11.0. The molecule has 0 fully saturated rings. The summed E-state index contributed by atoms with van der Waals surface area (Å²) in [6.07, 6.45) is 0. The van der Waals surface area contributed by atoms with Crippen LogP contribution in [-0.2, 0) is 14.1 Å². The molecule has 2 heterocycles. The van der Waals surface area contributed by atoms with Crippen molar-refractivity contribution in [3.05, 3.63) is 41.5 Å². The molecule has 6 heteroatoms. The van der Waals surface area contributed by atoms with Crippen molar-refractivity contribution in [1.29, 1.82) is 0 Å². The number of carbonyl (C=O) groups is 1. The molecule has 0 bridgehead atoms. The lowest BCUT2D eigenvalue weighted by Crippen LogP contribution is -1.99. The van der Waals surface area contributed by atoms with Crippen molar-refractivity contribution in [1.82, 2.24) is 14.3 Å². The zero-order valence-corrected chi connectivity index (χ0v) is 11.9. The molecule has 108 valence electrons. The first-order chi connectivity index (χ1) is 9.90. The van der Waals surface area contributed by atoms with Gasteiger partial charge in [-0.1, -0.05) is 0 Å². The van der Waals surface area contributed by atoms with E-state index in [1.807, 2.05) is 24.6 Å². The molecule has 0 atom stereocenters. The van der Waals surface area contributed by atoms with Crippen LogP contribution in [0.1, 0.15) is 16.2 Å². The van der Waals surface area contributed by atoms with E-state index in [4.69, 9.17) is 5.11 Å². The molecule has 21 heavy (non-hydrogen) atoms. The van der Waals surface area contributed by atoms with Crippen molar-refractivity contribution in [2.45, 2.75) is 6.92 Å². The van der Waals surface area contributed by atoms with E-state index < -0.39 is 5.97 Å². The van der Waals surface area contributed by atoms with Crippen molar-refractivity contribution in [2.75, 3.05) is 0 Å². The summed E-state index contributed by atoms with van der Waals surface area (Å²) >= 11 is 0. The number of carboxylic acids is 1. The summed E-state index contributed by atoms with van der Waals surface area (Å²) in [5.74, 6) is -1.50. The minimum absolute atomic E-state index is 0.101. The zero-order valence-electron chi connectivity index (χ0n) is 11.9. The van der Waals surface area contributed by atoms with Gasteiger partial charge in [0.2, 0.25) is 0 Å². The second kappa shape index (κ2) is 4.44. The van der Waals surface area contributed by atoms with E-state index in [-0.39, 0.29) is 11.5 Å². The average Bonchev–Trinajstić information content (AvgIpc) is 2.94. The molecule has 2 aromatic heterocycles. The molecule has 0 saturated carbocycles. The molecule has 0 saturated heterocycles. The minimum Gasteiger partial charge on any atom is -0.476 e. The molecule has 5 nitrogen and oxygen atoms in total. The van der Waals surface area contributed by atoms with Crippen LogP contribution in [0, 0.1) is 12.7 Å². The summed E-state index contributed by atoms with van der Waals surface area (Å²) in [6, 6.07) is 6.64. The maximum Gasteiger partial charge on any atom is 0.356 e. The highest BCUT2D eigenvalue weighted by atomic mass is 19.1. The normalized spacial score (nSPS) is 11.2. The Kier molecular flexibility index (Phi) is 2.83. The number of aromatic nitrogens is 3. The van der Waals surface area contributed by atoms with E-state index in [1.54, 1.807) is 19.2 Å². The Morgan fingerprint density at radius 2 is 2.00 bits per heavy atom. The Hall–Kier alpha value is -2.63. The molecule has 0 unspecified atom stereocenters. The van der Waals surface area contributed by atoms with E-state index in [0.29, 0.717) is 16.6 Å². The lowest BCUT2D eigenvalue weighted by molar-refractivity contribution is 0.0689. The standard InChI is InChI=1S/C15H14FN3O2/c1-8-6-10-12(18(8)2)5-4-9(14(10)16)13-7-11(15(20)21)17-19(13)3/h4-7H,1-3H3,(H,20,21). The van der Waals surface area contributed by atoms with E-state index in [9.17, 15) is 9.18 Å². The van der Waals surface area contributed by atoms with Gasteiger partial charge < -0.3 is 9.67 Å². The summed E-state index contributed by atoms with van der Waals surface area (Å²) in [5.41, 5.74) is 2.44. The predicted molar refractivity (Wildman–Crippen MR) is 76.8 cm³/mol. The van der Waals surface area contributed by atoms with E-state index in [2.05, 4.69) is 5.10 Å². The van der Waals surface area contributed by atoms with Gasteiger partial charge in [0.05, 0.1) is 11.2 Å². The highest BCUT2D eigenvalue weighted by Crippen LogP contribution is 2.30. The van der Waals surface area contributed by atoms with Crippen LogP contribution in [0.25, 0.3) is 22.2 Å². The molecule has 0 aliphatic carbocycles. The first-order valence-corrected chi connectivity index (χ1v) is 6.42. The van der Waals surface area contributed by atoms with Gasteiger partial charge in [-0.2, -0.15) is 5.10 Å². The number of hydrogen-bond donors (Lipinski definition) is 1. The van der Waals surface area contributed by atoms with Crippen LogP contribution in [0.5, 0.6) is 0 Å². The molecule has 3 rings (SSSR count). The van der Waals surface area contributed by atoms with Gasteiger partial charge in [-0.25, -0.2) is 9.18 Å². The topological polar surface area (TPSA) is 60.0 Å². The molecule has 0 radical (unpaired) electrons. The minimum atomic E-state index is -1.13. The fourth-order valence-corrected chi connectivity index (χ4v) is 2.53. The Balaban J connectivity index is 2.26. The third-order valence-electron chi connectivity index (χ3n) is 3.78. The van der Waals surface area contributed by atoms with Crippen LogP contribution in [0.15, 0.2) is 24.3 Å². The molecule has 0 amide bonds. The number of rotatable bonds is 2. The summed E-state index contributed by atoms with van der Waals surface area (Å²) in [7, 11) is 3.48. The predicted octanol–water partition coefficient (Wildman–Crippen LogP) is 2.72. The molecule has 1 aromatic carbocycles. The van der Waals surface area contributed by atoms with Gasteiger partial charge in [0.1, 0.15) is 5.82 Å². The largest absolute Gasteiger partial charge is 0.476 e. The van der Waals surface area contributed by atoms with Gasteiger partial charge in [-0.05, 0) is 31.2 Å². The van der Waals surface area contributed by atoms with Gasteiger partial charge in [0.25, 0.3) is 0 Å². The highest BCUT2D eigenvalue weighted by molar-refractivity contribution is 5.89. The quantitative estimate of drug-likeness (QED) is 0.788. The van der Waals surface area contributed by atoms with E-state index in [0.717, 1.165) is 11.2 Å². The monoisotopic (exact) mass is 287 g/mol. The number of aryl methyl sites for hydroxylation is 3. The van der Waals surface area contributed by atoms with Crippen LogP contribution in [0.4, 0.5) is 4.39 Å². The molecule has 0 aliphatic rings. The number of hydrogen-bond acceptors (Lipinski definition) is 2. The van der Waals surface area contributed by atoms with Crippen molar-refractivity contribution in [3.8, 4) is 11.3 Å². The van der Waals surface area contributed by atoms with Gasteiger partial charge in [0, 0.05) is 30.7 Å². The first-order valence-electron chi connectivity index (χ1n) is 6.42. The maximum absolute atomic E-state index is 14.7. The third-order valence-corrected chi connectivity index (χ3v) is 3.78. The smallest absolute Gasteiger partial charge is 0.356 e. The van der Waals surface area contributed by atoms with Crippen molar-refractivity contribution < 1.29 is 14.3 Å². The lowest BCUT2D eigenvalue weighted by atomic mass is 10.1. The Labute approximate surface area is 120 Å². The van der Waals surface area contributed by atoms with Crippen LogP contribution < -0.4 is 0 Å². The van der Waals surface area contributed by atoms with Gasteiger partial charge >= 0.3 is 5.97 Å². The maximum atomic E-state index is 14.7. The number of benzene rings is 1. The first kappa shape index (κ1) is 13.4. The second-order valence-corrected chi connectivity index (χ2v) is 5.05. The number of carboxylic acid groups (broad SMARTS) is 1. The number of fused-ring (bicyclic) bond motifs is 1. The van der Waals surface area contributed by atoms with Crippen LogP contribution in [0.2, 0.25) is 0 Å². The molecule has 1 N–H and O–H groups in total. The Bertz CT molecular complexity index is 877. The second-order valence-electron chi connectivity index (χ2n) is 5.05. The Morgan fingerprint density at radius 1 is 1.29 bits per heavy atom. The summed E-state index contributed by atoms with van der Waals surface area (Å²) in [5, 5.41) is 13.4. The highest BCUT2D eigenvalue weighted by Gasteiger charge is 2.18. The van der Waals surface area contributed by atoms with Gasteiger partial charge in [-0.15, -0.1) is 0 Å². The van der Waals surface area contributed by atoms with Crippen molar-refractivity contribution in [2.24, 2.45) is 14.1 Å². The van der Waals surface area contributed by atoms with Crippen LogP contribution >= 0.6 is 0 Å². The van der Waals surface area contributed by atoms with Gasteiger partial charge in [-0.3, -0.25) is 4.68 Å². The molecule has 0 aliphatic heterocycles. The van der Waals surface area contributed by atoms with Crippen molar-refractivity contribution >= 4 is 16.9 Å². The van der Waals surface area contributed by atoms with Crippen molar-refractivity contribution in [3.63, 3.8) is 0 Å². The molecular formula is C15H14FN3O2. The molecule has 3 aromatic rings. The fraction of sp³-hybridized carbons (Fsp3) is 0.200. The van der Waals surface area contributed by atoms with E-state index in [1.165, 1.54) is 10.7 Å². The Morgan fingerprint density at radius 3 is 2.62 bits per heavy atom. The third kappa shape index (κ3) is 1.91. The van der Waals surface area contributed by atoms with E-state index >= 15 is 0 Å².